The zero-order valence-electron chi connectivity index (χ0n) is 10.8. The lowest BCUT2D eigenvalue weighted by Crippen LogP contribution is -2.12. The molecule has 0 spiro atoms. The van der Waals surface area contributed by atoms with Gasteiger partial charge in [-0.3, -0.25) is 14.9 Å². The Balaban J connectivity index is 2.28. The number of amides is 1. The Morgan fingerprint density at radius 3 is 2.55 bits per heavy atom. The second-order valence-electron chi connectivity index (χ2n) is 4.27. The summed E-state index contributed by atoms with van der Waals surface area (Å²) in [6, 6.07) is 6.15. The lowest BCUT2D eigenvalue weighted by molar-refractivity contribution is -0.385. The molecule has 1 heterocycles. The van der Waals surface area contributed by atoms with E-state index in [1.807, 2.05) is 0 Å². The molecule has 0 fully saturated rings. The van der Waals surface area contributed by atoms with Gasteiger partial charge in [-0.1, -0.05) is 0 Å². The lowest BCUT2D eigenvalue weighted by atomic mass is 10.1. The van der Waals surface area contributed by atoms with Gasteiger partial charge in [0.15, 0.2) is 10.4 Å². The van der Waals surface area contributed by atoms with E-state index in [2.05, 4.69) is 21.2 Å². The SMILES string of the molecule is Cc1cc([N+](=O)[O-])c(C)cc1NC(=O)c1ccc(Br)o1. The molecule has 1 aromatic carbocycles. The summed E-state index contributed by atoms with van der Waals surface area (Å²) in [6.45, 7) is 3.32. The Bertz CT molecular complexity index is 694. The van der Waals surface area contributed by atoms with Gasteiger partial charge in [0.1, 0.15) is 0 Å². The standard InChI is InChI=1S/C13H11BrN2O4/c1-7-6-10(16(18)19)8(2)5-9(7)15-13(17)11-3-4-12(14)20-11/h3-6H,1-2H3,(H,15,17). The predicted molar refractivity (Wildman–Crippen MR) is 76.9 cm³/mol. The fourth-order valence-corrected chi connectivity index (χ4v) is 2.06. The minimum atomic E-state index is -0.447. The van der Waals surface area contributed by atoms with Crippen LogP contribution in [0.15, 0.2) is 33.4 Å². The van der Waals surface area contributed by atoms with Crippen molar-refractivity contribution in [3.8, 4) is 0 Å². The summed E-state index contributed by atoms with van der Waals surface area (Å²) < 4.78 is 5.60. The predicted octanol–water partition coefficient (Wildman–Crippen LogP) is 3.82. The minimum Gasteiger partial charge on any atom is -0.444 e. The van der Waals surface area contributed by atoms with E-state index in [1.54, 1.807) is 26.0 Å². The maximum absolute atomic E-state index is 12.0. The maximum atomic E-state index is 12.0. The molecule has 1 N–H and O–H groups in total. The van der Waals surface area contributed by atoms with Crippen molar-refractivity contribution in [2.24, 2.45) is 0 Å². The van der Waals surface area contributed by atoms with Gasteiger partial charge in [-0.05, 0) is 53.5 Å². The number of rotatable bonds is 3. The average molecular weight is 339 g/mol. The molecule has 2 rings (SSSR count). The molecular weight excluding hydrogens is 328 g/mol. The van der Waals surface area contributed by atoms with Crippen LogP contribution in [0.5, 0.6) is 0 Å². The molecule has 0 unspecified atom stereocenters. The summed E-state index contributed by atoms with van der Waals surface area (Å²) >= 11 is 3.12. The normalized spacial score (nSPS) is 10.3. The number of hydrogen-bond donors (Lipinski definition) is 1. The van der Waals surface area contributed by atoms with Crippen LogP contribution in [-0.4, -0.2) is 10.8 Å². The second kappa shape index (κ2) is 5.46. The summed E-state index contributed by atoms with van der Waals surface area (Å²) in [5.41, 5.74) is 1.64. The van der Waals surface area contributed by atoms with Crippen LogP contribution in [0.4, 0.5) is 11.4 Å². The van der Waals surface area contributed by atoms with E-state index in [4.69, 9.17) is 4.42 Å². The van der Waals surface area contributed by atoms with Crippen molar-refractivity contribution in [1.82, 2.24) is 0 Å². The molecule has 0 radical (unpaired) electrons. The smallest absolute Gasteiger partial charge is 0.291 e. The van der Waals surface area contributed by atoms with E-state index >= 15 is 0 Å². The first kappa shape index (κ1) is 14.3. The number of carbonyl (C=O) groups excluding carboxylic acids is 1. The number of aryl methyl sites for hydroxylation is 2. The van der Waals surface area contributed by atoms with E-state index < -0.39 is 10.8 Å². The highest BCUT2D eigenvalue weighted by Gasteiger charge is 2.16. The van der Waals surface area contributed by atoms with E-state index in [9.17, 15) is 14.9 Å². The summed E-state index contributed by atoms with van der Waals surface area (Å²) in [7, 11) is 0. The highest BCUT2D eigenvalue weighted by Crippen LogP contribution is 2.26. The molecule has 1 aromatic heterocycles. The number of nitro benzene ring substituents is 1. The zero-order chi connectivity index (χ0) is 14.9. The molecule has 6 nitrogen and oxygen atoms in total. The topological polar surface area (TPSA) is 85.4 Å². The van der Waals surface area contributed by atoms with Gasteiger partial charge >= 0.3 is 0 Å². The van der Waals surface area contributed by atoms with Crippen LogP contribution >= 0.6 is 15.9 Å². The molecule has 0 aliphatic heterocycles. The van der Waals surface area contributed by atoms with Gasteiger partial charge in [-0.25, -0.2) is 0 Å². The number of hydrogen-bond acceptors (Lipinski definition) is 4. The van der Waals surface area contributed by atoms with Crippen LogP contribution in [-0.2, 0) is 0 Å². The van der Waals surface area contributed by atoms with Gasteiger partial charge in [0.2, 0.25) is 0 Å². The first-order valence-corrected chi connectivity index (χ1v) is 6.50. The fourth-order valence-electron chi connectivity index (χ4n) is 1.75. The number of nitrogens with zero attached hydrogens (tertiary/aromatic N) is 1. The second-order valence-corrected chi connectivity index (χ2v) is 5.05. The number of furan rings is 1. The molecule has 7 heteroatoms. The first-order chi connectivity index (χ1) is 9.38. The fraction of sp³-hybridized carbons (Fsp3) is 0.154. The van der Waals surface area contributed by atoms with Gasteiger partial charge in [-0.2, -0.15) is 0 Å². The van der Waals surface area contributed by atoms with Gasteiger partial charge < -0.3 is 9.73 Å². The number of benzene rings is 1. The number of nitro groups is 1. The average Bonchev–Trinajstić information content (AvgIpc) is 2.79. The van der Waals surface area contributed by atoms with Crippen molar-refractivity contribution in [2.75, 3.05) is 5.32 Å². The Morgan fingerprint density at radius 1 is 1.30 bits per heavy atom. The van der Waals surface area contributed by atoms with E-state index in [-0.39, 0.29) is 11.4 Å². The third-order valence-electron chi connectivity index (χ3n) is 2.78. The molecule has 0 aliphatic carbocycles. The maximum Gasteiger partial charge on any atom is 0.291 e. The lowest BCUT2D eigenvalue weighted by Gasteiger charge is -2.08. The van der Waals surface area contributed by atoms with Gasteiger partial charge in [0.05, 0.1) is 4.92 Å². The third-order valence-corrected chi connectivity index (χ3v) is 3.21. The molecule has 0 saturated carbocycles. The Kier molecular flexibility index (Phi) is 3.89. The summed E-state index contributed by atoms with van der Waals surface area (Å²) in [6.07, 6.45) is 0. The van der Waals surface area contributed by atoms with Crippen LogP contribution in [0.3, 0.4) is 0 Å². The molecule has 0 atom stereocenters. The van der Waals surface area contributed by atoms with Crippen molar-refractivity contribution in [3.05, 3.63) is 55.9 Å². The van der Waals surface area contributed by atoms with E-state index in [0.717, 1.165) is 0 Å². The van der Waals surface area contributed by atoms with Crippen LogP contribution in [0.25, 0.3) is 0 Å². The summed E-state index contributed by atoms with van der Waals surface area (Å²) in [5, 5.41) is 13.5. The molecule has 2 aromatic rings. The number of nitrogens with one attached hydrogen (secondary N) is 1. The third kappa shape index (κ3) is 2.88. The minimum absolute atomic E-state index is 0.0289. The number of anilines is 1. The first-order valence-electron chi connectivity index (χ1n) is 5.71. The Morgan fingerprint density at radius 2 is 2.00 bits per heavy atom. The molecular formula is C13H11BrN2O4. The van der Waals surface area contributed by atoms with E-state index in [0.29, 0.717) is 21.5 Å². The molecule has 20 heavy (non-hydrogen) atoms. The number of carbonyl (C=O) groups is 1. The van der Waals surface area contributed by atoms with E-state index in [1.165, 1.54) is 12.1 Å². The van der Waals surface area contributed by atoms with Crippen molar-refractivity contribution in [3.63, 3.8) is 0 Å². The highest BCUT2D eigenvalue weighted by molar-refractivity contribution is 9.10. The van der Waals surface area contributed by atoms with Crippen molar-refractivity contribution in [2.45, 2.75) is 13.8 Å². The van der Waals surface area contributed by atoms with Crippen molar-refractivity contribution >= 4 is 33.2 Å². The number of halogens is 1. The largest absolute Gasteiger partial charge is 0.444 e. The molecule has 0 saturated heterocycles. The van der Waals surface area contributed by atoms with Crippen LogP contribution in [0, 0.1) is 24.0 Å². The van der Waals surface area contributed by atoms with Crippen molar-refractivity contribution < 1.29 is 14.1 Å². The van der Waals surface area contributed by atoms with Crippen molar-refractivity contribution in [1.29, 1.82) is 0 Å². The molecule has 0 aliphatic rings. The van der Waals surface area contributed by atoms with Gasteiger partial charge in [0, 0.05) is 17.3 Å². The summed E-state index contributed by atoms with van der Waals surface area (Å²) in [4.78, 5) is 22.3. The highest BCUT2D eigenvalue weighted by atomic mass is 79.9. The van der Waals surface area contributed by atoms with Gasteiger partial charge in [0.25, 0.3) is 11.6 Å². The van der Waals surface area contributed by atoms with Crippen LogP contribution in [0.2, 0.25) is 0 Å². The molecule has 0 bridgehead atoms. The summed E-state index contributed by atoms with van der Waals surface area (Å²) in [5.74, 6) is -0.251. The monoisotopic (exact) mass is 338 g/mol. The zero-order valence-corrected chi connectivity index (χ0v) is 12.4. The van der Waals surface area contributed by atoms with Gasteiger partial charge in [-0.15, -0.1) is 0 Å². The van der Waals surface area contributed by atoms with Crippen LogP contribution in [0.1, 0.15) is 21.7 Å². The van der Waals surface area contributed by atoms with Crippen LogP contribution < -0.4 is 5.32 Å². The Labute approximate surface area is 123 Å². The quantitative estimate of drug-likeness (QED) is 0.680. The molecule has 104 valence electrons. The molecule has 1 amide bonds. The Hall–Kier alpha value is -2.15.